The first-order valence-electron chi connectivity index (χ1n) is 9.90. The summed E-state index contributed by atoms with van der Waals surface area (Å²) in [5, 5.41) is 7.49. The molecule has 5 nitrogen and oxygen atoms in total. The lowest BCUT2D eigenvalue weighted by Gasteiger charge is -2.35. The Bertz CT molecular complexity index is 750. The lowest BCUT2D eigenvalue weighted by molar-refractivity contribution is 0.0923. The highest BCUT2D eigenvalue weighted by atomic mass is 19.1. The molecule has 1 saturated heterocycles. The van der Waals surface area contributed by atoms with Crippen LogP contribution in [0.25, 0.3) is 0 Å². The third kappa shape index (κ3) is 4.95. The Morgan fingerprint density at radius 3 is 2.59 bits per heavy atom. The van der Waals surface area contributed by atoms with Gasteiger partial charge in [-0.25, -0.2) is 4.39 Å². The first-order chi connectivity index (χ1) is 13.1. The largest absolute Gasteiger partial charge is 0.350 e. The van der Waals surface area contributed by atoms with Crippen molar-refractivity contribution in [3.8, 4) is 0 Å². The van der Waals surface area contributed by atoms with E-state index >= 15 is 0 Å². The number of rotatable bonds is 7. The number of benzene rings is 1. The Labute approximate surface area is 160 Å². The number of nitrogens with one attached hydrogen (secondary N) is 1. The maximum Gasteiger partial charge on any atom is 0.254 e. The first-order valence-corrected chi connectivity index (χ1v) is 9.90. The van der Waals surface area contributed by atoms with E-state index in [4.69, 9.17) is 0 Å². The molecular formula is C21H29FN4O. The number of nitrogens with zero attached hydrogens (tertiary/aromatic N) is 3. The molecular weight excluding hydrogens is 343 g/mol. The second-order valence-corrected chi connectivity index (χ2v) is 7.27. The van der Waals surface area contributed by atoms with Gasteiger partial charge in [-0.05, 0) is 57.0 Å². The zero-order chi connectivity index (χ0) is 19.2. The van der Waals surface area contributed by atoms with Crippen molar-refractivity contribution in [2.45, 2.75) is 52.1 Å². The Morgan fingerprint density at radius 2 is 1.93 bits per heavy atom. The monoisotopic (exact) mass is 372 g/mol. The fourth-order valence-electron chi connectivity index (χ4n) is 3.74. The number of aromatic nitrogens is 2. The molecule has 1 fully saturated rings. The van der Waals surface area contributed by atoms with Gasteiger partial charge in [-0.3, -0.25) is 14.4 Å². The smallest absolute Gasteiger partial charge is 0.254 e. The summed E-state index contributed by atoms with van der Waals surface area (Å²) in [6.07, 6.45) is 6.36. The van der Waals surface area contributed by atoms with E-state index < -0.39 is 0 Å². The van der Waals surface area contributed by atoms with Crippen LogP contribution in [0.3, 0.4) is 0 Å². The van der Waals surface area contributed by atoms with Gasteiger partial charge in [0.1, 0.15) is 5.82 Å². The molecule has 27 heavy (non-hydrogen) atoms. The van der Waals surface area contributed by atoms with Crippen LogP contribution in [-0.4, -0.2) is 40.2 Å². The second-order valence-electron chi connectivity index (χ2n) is 7.27. The molecule has 1 aromatic heterocycles. The number of amides is 1. The fraction of sp³-hybridized carbons (Fsp3) is 0.524. The van der Waals surface area contributed by atoms with Crippen LogP contribution < -0.4 is 5.32 Å². The number of likely N-dealkylation sites (tertiary alicyclic amines) is 1. The SMILES string of the molecule is CCCn1cc(C(=O)NCC(c2ccc(F)cc2)N2CCCCC2)c(C)n1. The summed E-state index contributed by atoms with van der Waals surface area (Å²) >= 11 is 0. The number of aryl methyl sites for hydroxylation is 2. The molecule has 0 aliphatic carbocycles. The summed E-state index contributed by atoms with van der Waals surface area (Å²) in [6.45, 7) is 7.27. The summed E-state index contributed by atoms with van der Waals surface area (Å²) < 4.78 is 15.2. The zero-order valence-electron chi connectivity index (χ0n) is 16.2. The van der Waals surface area contributed by atoms with Crippen molar-refractivity contribution in [1.82, 2.24) is 20.0 Å². The van der Waals surface area contributed by atoms with Crippen molar-refractivity contribution in [2.24, 2.45) is 0 Å². The molecule has 1 aliphatic heterocycles. The molecule has 0 radical (unpaired) electrons. The average Bonchev–Trinajstić information content (AvgIpc) is 3.05. The highest BCUT2D eigenvalue weighted by Crippen LogP contribution is 2.24. The van der Waals surface area contributed by atoms with E-state index in [1.165, 1.54) is 18.6 Å². The van der Waals surface area contributed by atoms with Gasteiger partial charge in [0.15, 0.2) is 0 Å². The summed E-state index contributed by atoms with van der Waals surface area (Å²) in [6, 6.07) is 6.69. The van der Waals surface area contributed by atoms with Crippen molar-refractivity contribution in [1.29, 1.82) is 0 Å². The van der Waals surface area contributed by atoms with E-state index in [1.807, 2.05) is 29.9 Å². The van der Waals surface area contributed by atoms with Crippen molar-refractivity contribution in [3.63, 3.8) is 0 Å². The number of piperidine rings is 1. The van der Waals surface area contributed by atoms with E-state index in [0.29, 0.717) is 12.1 Å². The minimum Gasteiger partial charge on any atom is -0.350 e. The molecule has 0 bridgehead atoms. The average molecular weight is 372 g/mol. The van der Waals surface area contributed by atoms with Gasteiger partial charge in [0.05, 0.1) is 17.3 Å². The van der Waals surface area contributed by atoms with Gasteiger partial charge in [0.2, 0.25) is 0 Å². The highest BCUT2D eigenvalue weighted by Gasteiger charge is 2.24. The van der Waals surface area contributed by atoms with Gasteiger partial charge in [-0.2, -0.15) is 5.10 Å². The van der Waals surface area contributed by atoms with Crippen LogP contribution in [0.4, 0.5) is 4.39 Å². The summed E-state index contributed by atoms with van der Waals surface area (Å²) in [5.41, 5.74) is 2.41. The molecule has 0 spiro atoms. The minimum atomic E-state index is -0.237. The predicted molar refractivity (Wildman–Crippen MR) is 104 cm³/mol. The molecule has 1 aromatic carbocycles. The molecule has 1 aliphatic rings. The second kappa shape index (κ2) is 9.13. The van der Waals surface area contributed by atoms with E-state index in [2.05, 4.69) is 22.2 Å². The number of hydrogen-bond donors (Lipinski definition) is 1. The molecule has 1 amide bonds. The van der Waals surface area contributed by atoms with E-state index in [-0.39, 0.29) is 17.8 Å². The van der Waals surface area contributed by atoms with Gasteiger partial charge < -0.3 is 5.32 Å². The molecule has 2 heterocycles. The van der Waals surface area contributed by atoms with Crippen LogP contribution in [-0.2, 0) is 6.54 Å². The number of carbonyl (C=O) groups excluding carboxylic acids is 1. The molecule has 146 valence electrons. The predicted octanol–water partition coefficient (Wildman–Crippen LogP) is 3.70. The van der Waals surface area contributed by atoms with E-state index in [1.54, 1.807) is 0 Å². The van der Waals surface area contributed by atoms with Crippen LogP contribution in [0.1, 0.15) is 60.3 Å². The molecule has 3 rings (SSSR count). The molecule has 1 atom stereocenters. The lowest BCUT2D eigenvalue weighted by Crippen LogP contribution is -2.40. The van der Waals surface area contributed by atoms with Gasteiger partial charge in [0.25, 0.3) is 5.91 Å². The Morgan fingerprint density at radius 1 is 1.22 bits per heavy atom. The van der Waals surface area contributed by atoms with Gasteiger partial charge in [-0.1, -0.05) is 25.5 Å². The number of halogens is 1. The minimum absolute atomic E-state index is 0.0563. The van der Waals surface area contributed by atoms with Crippen molar-refractivity contribution >= 4 is 5.91 Å². The maximum absolute atomic E-state index is 13.3. The van der Waals surface area contributed by atoms with Crippen molar-refractivity contribution < 1.29 is 9.18 Å². The molecule has 0 saturated carbocycles. The highest BCUT2D eigenvalue weighted by molar-refractivity contribution is 5.95. The zero-order valence-corrected chi connectivity index (χ0v) is 16.2. The van der Waals surface area contributed by atoms with Crippen molar-refractivity contribution in [2.75, 3.05) is 19.6 Å². The Hall–Kier alpha value is -2.21. The number of carbonyl (C=O) groups is 1. The van der Waals surface area contributed by atoms with Gasteiger partial charge in [0, 0.05) is 19.3 Å². The Kier molecular flexibility index (Phi) is 6.61. The van der Waals surface area contributed by atoms with Crippen LogP contribution in [0, 0.1) is 12.7 Å². The Balaban J connectivity index is 1.72. The molecule has 1 unspecified atom stereocenters. The van der Waals surface area contributed by atoms with Crippen LogP contribution in [0.2, 0.25) is 0 Å². The molecule has 6 heteroatoms. The summed E-state index contributed by atoms with van der Waals surface area (Å²) in [5.74, 6) is -0.335. The molecule has 1 N–H and O–H groups in total. The number of hydrogen-bond acceptors (Lipinski definition) is 3. The lowest BCUT2D eigenvalue weighted by atomic mass is 10.0. The summed E-state index contributed by atoms with van der Waals surface area (Å²) in [4.78, 5) is 15.1. The van der Waals surface area contributed by atoms with E-state index in [0.717, 1.165) is 50.2 Å². The summed E-state index contributed by atoms with van der Waals surface area (Å²) in [7, 11) is 0. The van der Waals surface area contributed by atoms with Crippen LogP contribution in [0.15, 0.2) is 30.5 Å². The van der Waals surface area contributed by atoms with E-state index in [9.17, 15) is 9.18 Å². The van der Waals surface area contributed by atoms with Crippen LogP contribution in [0.5, 0.6) is 0 Å². The molecule has 2 aromatic rings. The quantitative estimate of drug-likeness (QED) is 0.806. The maximum atomic E-state index is 13.3. The van der Waals surface area contributed by atoms with Gasteiger partial charge >= 0.3 is 0 Å². The fourth-order valence-corrected chi connectivity index (χ4v) is 3.74. The topological polar surface area (TPSA) is 50.2 Å². The normalized spacial score (nSPS) is 16.3. The third-order valence-electron chi connectivity index (χ3n) is 5.19. The first kappa shape index (κ1) is 19.5. The van der Waals surface area contributed by atoms with Gasteiger partial charge in [-0.15, -0.1) is 0 Å². The van der Waals surface area contributed by atoms with Crippen molar-refractivity contribution in [3.05, 3.63) is 53.1 Å². The van der Waals surface area contributed by atoms with Crippen LogP contribution >= 0.6 is 0 Å². The standard InChI is InChI=1S/C21H29FN4O/c1-3-11-26-15-19(16(2)24-26)21(27)23-14-20(25-12-5-4-6-13-25)17-7-9-18(22)10-8-17/h7-10,15,20H,3-6,11-14H2,1-2H3,(H,23,27). The third-order valence-corrected chi connectivity index (χ3v) is 5.19.